The number of hydrogen-bond acceptors (Lipinski definition) is 3. The molecule has 4 nitrogen and oxygen atoms in total. The van der Waals surface area contributed by atoms with Gasteiger partial charge in [-0.05, 0) is 39.7 Å². The second-order valence-corrected chi connectivity index (χ2v) is 6.74. The molecule has 2 rings (SSSR count). The van der Waals surface area contributed by atoms with E-state index in [2.05, 4.69) is 20.7 Å². The zero-order valence-electron chi connectivity index (χ0n) is 10.6. The Morgan fingerprint density at radius 1 is 1.10 bits per heavy atom. The molecule has 112 valence electrons. The van der Waals surface area contributed by atoms with Gasteiger partial charge in [-0.1, -0.05) is 12.1 Å². The van der Waals surface area contributed by atoms with E-state index < -0.39 is 21.7 Å². The average Bonchev–Trinajstić information content (AvgIpc) is 2.44. The smallest absolute Gasteiger partial charge is 0.261 e. The number of nitrogens with two attached hydrogens (primary N) is 1. The minimum atomic E-state index is -3.96. The number of sulfonamides is 1. The van der Waals surface area contributed by atoms with E-state index in [0.717, 1.165) is 11.6 Å². The fourth-order valence-corrected chi connectivity index (χ4v) is 3.01. The first-order chi connectivity index (χ1) is 9.83. The molecular weight excluding hydrogens is 366 g/mol. The van der Waals surface area contributed by atoms with Crippen molar-refractivity contribution < 1.29 is 17.2 Å². The number of anilines is 1. The Kier molecular flexibility index (Phi) is 4.60. The van der Waals surface area contributed by atoms with Crippen molar-refractivity contribution in [1.82, 2.24) is 0 Å². The van der Waals surface area contributed by atoms with Crippen LogP contribution in [0.25, 0.3) is 0 Å². The number of rotatable bonds is 4. The Balaban J connectivity index is 2.34. The van der Waals surface area contributed by atoms with Crippen LogP contribution in [-0.2, 0) is 16.6 Å². The van der Waals surface area contributed by atoms with Gasteiger partial charge in [0.15, 0.2) is 0 Å². The van der Waals surface area contributed by atoms with Gasteiger partial charge in [0.05, 0.1) is 15.1 Å². The second-order valence-electron chi connectivity index (χ2n) is 4.20. The quantitative estimate of drug-likeness (QED) is 0.805. The number of hydrogen-bond donors (Lipinski definition) is 2. The minimum Gasteiger partial charge on any atom is -0.326 e. The fourth-order valence-electron chi connectivity index (χ4n) is 1.61. The predicted molar refractivity (Wildman–Crippen MR) is 79.2 cm³/mol. The molecule has 2 aromatic rings. The Morgan fingerprint density at radius 2 is 1.71 bits per heavy atom. The van der Waals surface area contributed by atoms with Crippen molar-refractivity contribution in [1.29, 1.82) is 0 Å². The number of nitrogens with one attached hydrogen (secondary N) is 1. The van der Waals surface area contributed by atoms with Crippen LogP contribution in [0, 0.1) is 11.6 Å². The van der Waals surface area contributed by atoms with Gasteiger partial charge in [0.2, 0.25) is 0 Å². The van der Waals surface area contributed by atoms with Crippen molar-refractivity contribution in [2.24, 2.45) is 5.73 Å². The van der Waals surface area contributed by atoms with Gasteiger partial charge >= 0.3 is 0 Å². The summed E-state index contributed by atoms with van der Waals surface area (Å²) in [5.74, 6) is -1.82. The molecule has 0 aliphatic carbocycles. The molecule has 0 spiro atoms. The lowest BCUT2D eigenvalue weighted by Gasteiger charge is -2.10. The van der Waals surface area contributed by atoms with Crippen LogP contribution in [0.4, 0.5) is 14.5 Å². The highest BCUT2D eigenvalue weighted by atomic mass is 79.9. The zero-order chi connectivity index (χ0) is 15.6. The van der Waals surface area contributed by atoms with Crippen molar-refractivity contribution in [2.75, 3.05) is 4.72 Å². The van der Waals surface area contributed by atoms with E-state index >= 15 is 0 Å². The van der Waals surface area contributed by atoms with Crippen LogP contribution in [0.3, 0.4) is 0 Å². The van der Waals surface area contributed by atoms with Crippen LogP contribution < -0.4 is 10.5 Å². The van der Waals surface area contributed by atoms with E-state index in [9.17, 15) is 17.2 Å². The molecule has 0 saturated carbocycles. The summed E-state index contributed by atoms with van der Waals surface area (Å²) in [5, 5.41) is 0. The highest BCUT2D eigenvalue weighted by Gasteiger charge is 2.17. The molecule has 2 aromatic carbocycles. The van der Waals surface area contributed by atoms with Gasteiger partial charge in [0, 0.05) is 12.6 Å². The fraction of sp³-hybridized carbons (Fsp3) is 0.0769. The lowest BCUT2D eigenvalue weighted by Crippen LogP contribution is -2.14. The summed E-state index contributed by atoms with van der Waals surface area (Å²) in [4.78, 5) is -0.0421. The maximum atomic E-state index is 13.6. The van der Waals surface area contributed by atoms with Gasteiger partial charge in [0.25, 0.3) is 10.0 Å². The van der Waals surface area contributed by atoms with Crippen LogP contribution in [0.15, 0.2) is 45.8 Å². The molecule has 21 heavy (non-hydrogen) atoms. The summed E-state index contributed by atoms with van der Waals surface area (Å²) in [7, 11) is -3.96. The minimum absolute atomic E-state index is 0.0416. The van der Waals surface area contributed by atoms with Crippen LogP contribution in [-0.4, -0.2) is 8.42 Å². The van der Waals surface area contributed by atoms with E-state index in [-0.39, 0.29) is 21.6 Å². The first-order valence-electron chi connectivity index (χ1n) is 5.80. The average molecular weight is 377 g/mol. The van der Waals surface area contributed by atoms with Gasteiger partial charge in [-0.3, -0.25) is 4.72 Å². The molecule has 0 atom stereocenters. The number of halogens is 3. The summed E-state index contributed by atoms with van der Waals surface area (Å²) in [6.07, 6.45) is 0. The van der Waals surface area contributed by atoms with Gasteiger partial charge < -0.3 is 5.73 Å². The molecular formula is C13H11BrF2N2O2S. The Morgan fingerprint density at radius 3 is 2.29 bits per heavy atom. The van der Waals surface area contributed by atoms with E-state index in [1.54, 1.807) is 12.1 Å². The third-order valence-corrected chi connectivity index (χ3v) is 4.71. The standard InChI is InChI=1S/C13H11BrF2N2O2S/c14-10-5-13(12(16)6-11(10)15)18-21(19,20)9-3-1-8(7-17)2-4-9/h1-6,18H,7,17H2. The van der Waals surface area contributed by atoms with E-state index in [0.29, 0.717) is 6.07 Å². The highest BCUT2D eigenvalue weighted by molar-refractivity contribution is 9.10. The molecule has 0 saturated heterocycles. The highest BCUT2D eigenvalue weighted by Crippen LogP contribution is 2.25. The molecule has 0 unspecified atom stereocenters. The van der Waals surface area contributed by atoms with E-state index in [1.807, 2.05) is 0 Å². The molecule has 8 heteroatoms. The van der Waals surface area contributed by atoms with Crippen molar-refractivity contribution in [3.05, 3.63) is 58.1 Å². The van der Waals surface area contributed by atoms with Gasteiger partial charge in [-0.25, -0.2) is 17.2 Å². The second kappa shape index (κ2) is 6.08. The Labute approximate surface area is 129 Å². The molecule has 0 aliphatic rings. The van der Waals surface area contributed by atoms with E-state index in [1.165, 1.54) is 12.1 Å². The third kappa shape index (κ3) is 3.58. The van der Waals surface area contributed by atoms with Crippen LogP contribution >= 0.6 is 15.9 Å². The first kappa shape index (κ1) is 15.9. The molecule has 0 amide bonds. The van der Waals surface area contributed by atoms with Crippen LogP contribution in [0.1, 0.15) is 5.56 Å². The normalized spacial score (nSPS) is 11.4. The maximum absolute atomic E-state index is 13.6. The lowest BCUT2D eigenvalue weighted by molar-refractivity contribution is 0.579. The first-order valence-corrected chi connectivity index (χ1v) is 8.07. The monoisotopic (exact) mass is 376 g/mol. The van der Waals surface area contributed by atoms with Crippen molar-refractivity contribution >= 4 is 31.6 Å². The third-order valence-electron chi connectivity index (χ3n) is 2.72. The zero-order valence-corrected chi connectivity index (χ0v) is 13.0. The van der Waals surface area contributed by atoms with Gasteiger partial charge in [-0.2, -0.15) is 0 Å². The summed E-state index contributed by atoms with van der Waals surface area (Å²) in [5.41, 5.74) is 5.85. The van der Waals surface area contributed by atoms with Crippen molar-refractivity contribution in [3.63, 3.8) is 0 Å². The summed E-state index contributed by atoms with van der Waals surface area (Å²) >= 11 is 2.87. The summed E-state index contributed by atoms with van der Waals surface area (Å²) < 4.78 is 53.0. The SMILES string of the molecule is NCc1ccc(S(=O)(=O)Nc2cc(Br)c(F)cc2F)cc1. The predicted octanol–water partition coefficient (Wildman–Crippen LogP) is 2.99. The van der Waals surface area contributed by atoms with Gasteiger partial charge in [-0.15, -0.1) is 0 Å². The van der Waals surface area contributed by atoms with E-state index in [4.69, 9.17) is 5.73 Å². The molecule has 0 fully saturated rings. The summed E-state index contributed by atoms with van der Waals surface area (Å²) in [6, 6.07) is 7.47. The topological polar surface area (TPSA) is 72.2 Å². The molecule has 0 bridgehead atoms. The molecule has 3 N–H and O–H groups in total. The number of benzene rings is 2. The van der Waals surface area contributed by atoms with Gasteiger partial charge in [0.1, 0.15) is 11.6 Å². The van der Waals surface area contributed by atoms with Crippen molar-refractivity contribution in [3.8, 4) is 0 Å². The molecule has 0 radical (unpaired) electrons. The maximum Gasteiger partial charge on any atom is 0.261 e. The van der Waals surface area contributed by atoms with Crippen LogP contribution in [0.2, 0.25) is 0 Å². The lowest BCUT2D eigenvalue weighted by atomic mass is 10.2. The molecule has 0 aliphatic heterocycles. The van der Waals surface area contributed by atoms with Crippen molar-refractivity contribution in [2.45, 2.75) is 11.4 Å². The molecule has 0 aromatic heterocycles. The Bertz CT molecular complexity index is 764. The summed E-state index contributed by atoms with van der Waals surface area (Å²) in [6.45, 7) is 0.285. The molecule has 0 heterocycles. The largest absolute Gasteiger partial charge is 0.326 e. The Hall–Kier alpha value is -1.51. The van der Waals surface area contributed by atoms with Crippen LogP contribution in [0.5, 0.6) is 0 Å².